The van der Waals surface area contributed by atoms with E-state index in [2.05, 4.69) is 132 Å². The van der Waals surface area contributed by atoms with Crippen LogP contribution in [0.3, 0.4) is 0 Å². The molecule has 176 valence electrons. The zero-order valence-corrected chi connectivity index (χ0v) is 25.4. The fourth-order valence-electron chi connectivity index (χ4n) is 4.99. The predicted molar refractivity (Wildman–Crippen MR) is 153 cm³/mol. The molecule has 3 heteroatoms. The maximum absolute atomic E-state index is 2.47. The Bertz CT molecular complexity index is 1050. The van der Waals surface area contributed by atoms with Crippen molar-refractivity contribution >= 4 is 22.7 Å². The summed E-state index contributed by atoms with van der Waals surface area (Å²) in [5.74, 6) is 0. The van der Waals surface area contributed by atoms with Gasteiger partial charge in [-0.25, -0.2) is 0 Å². The van der Waals surface area contributed by atoms with E-state index in [1.807, 2.05) is 0 Å². The molecule has 4 rings (SSSR count). The van der Waals surface area contributed by atoms with Crippen molar-refractivity contribution in [3.05, 3.63) is 124 Å². The second-order valence-electron chi connectivity index (χ2n) is 9.53. The molecule has 0 fully saturated rings. The Kier molecular flexibility index (Phi) is 11.5. The van der Waals surface area contributed by atoms with Gasteiger partial charge in [0.1, 0.15) is 0 Å². The standard InChI is InChI=1S/C17H25PSi.C14H14.Ti/c1-12-13(2)16(19(5)6)17(4,14(12)3)18-15-10-8-7-9-11-15;1-3-7-13(8-4-1)11-12-14-9-5-2-6-10-14;/h7-11,18-19H,1-6H3;1-10H,11-12H2;. The molecule has 0 aliphatic heterocycles. The van der Waals surface area contributed by atoms with E-state index < -0.39 is 8.80 Å². The minimum Gasteiger partial charge on any atom is -0.0762 e. The summed E-state index contributed by atoms with van der Waals surface area (Å²) in [7, 11) is 0.0763. The average Bonchev–Trinajstić information content (AvgIpc) is 3.00. The van der Waals surface area contributed by atoms with Crippen LogP contribution in [0, 0.1) is 0 Å². The van der Waals surface area contributed by atoms with E-state index in [4.69, 9.17) is 0 Å². The molecule has 0 N–H and O–H groups in total. The second-order valence-corrected chi connectivity index (χ2v) is 14.2. The van der Waals surface area contributed by atoms with Gasteiger partial charge in [0, 0.05) is 26.9 Å². The summed E-state index contributed by atoms with van der Waals surface area (Å²) in [6.45, 7) is 14.4. The summed E-state index contributed by atoms with van der Waals surface area (Å²) in [5, 5.41) is 3.55. The first-order chi connectivity index (χ1) is 15.8. The van der Waals surface area contributed by atoms with E-state index in [-0.39, 0.29) is 26.9 Å². The van der Waals surface area contributed by atoms with Gasteiger partial charge < -0.3 is 0 Å². The van der Waals surface area contributed by atoms with Crippen LogP contribution in [0.5, 0.6) is 0 Å². The van der Waals surface area contributed by atoms with Crippen molar-refractivity contribution < 1.29 is 21.7 Å². The van der Waals surface area contributed by atoms with Crippen LogP contribution in [0.15, 0.2) is 113 Å². The Morgan fingerprint density at radius 3 is 1.47 bits per heavy atom. The summed E-state index contributed by atoms with van der Waals surface area (Å²) < 4.78 is 0. The van der Waals surface area contributed by atoms with E-state index in [9.17, 15) is 0 Å². The van der Waals surface area contributed by atoms with Crippen LogP contribution in [0.25, 0.3) is 0 Å². The van der Waals surface area contributed by atoms with Crippen LogP contribution in [0.2, 0.25) is 13.1 Å². The monoisotopic (exact) mass is 518 g/mol. The third-order valence-corrected chi connectivity index (χ3v) is 11.2. The van der Waals surface area contributed by atoms with Crippen molar-refractivity contribution in [2.45, 2.75) is 58.8 Å². The molecule has 3 aromatic carbocycles. The molecular formula is C31H39PSiTi. The fourth-order valence-corrected chi connectivity index (χ4v) is 10.2. The van der Waals surface area contributed by atoms with Crippen molar-refractivity contribution in [2.24, 2.45) is 0 Å². The summed E-state index contributed by atoms with van der Waals surface area (Å²) in [5.41, 5.74) is 7.56. The summed E-state index contributed by atoms with van der Waals surface area (Å²) in [6, 6.07) is 32.2. The van der Waals surface area contributed by atoms with Crippen molar-refractivity contribution in [2.75, 3.05) is 0 Å². The minimum absolute atomic E-state index is 0. The molecule has 0 bridgehead atoms. The summed E-state index contributed by atoms with van der Waals surface area (Å²) >= 11 is 0. The number of allylic oxidation sites excluding steroid dienone is 4. The molecule has 1 aliphatic carbocycles. The molecule has 0 saturated carbocycles. The summed E-state index contributed by atoms with van der Waals surface area (Å²) in [6.07, 6.45) is 2.26. The molecule has 0 amide bonds. The molecule has 34 heavy (non-hydrogen) atoms. The topological polar surface area (TPSA) is 0 Å². The molecule has 0 spiro atoms. The number of hydrogen-bond donors (Lipinski definition) is 0. The SMILES string of the molecule is CC1=C(C)C(C)(Pc2ccccc2)C([SiH](C)C)=C1C.[Ti].c1ccc(CCc2ccccc2)cc1. The fraction of sp³-hybridized carbons (Fsp3) is 0.290. The molecule has 0 radical (unpaired) electrons. The number of hydrogen-bond acceptors (Lipinski definition) is 0. The Morgan fingerprint density at radius 1 is 0.647 bits per heavy atom. The van der Waals surface area contributed by atoms with Gasteiger partial charge >= 0.3 is 0 Å². The predicted octanol–water partition coefficient (Wildman–Crippen LogP) is 7.91. The van der Waals surface area contributed by atoms with Crippen LogP contribution in [0.1, 0.15) is 38.8 Å². The van der Waals surface area contributed by atoms with Crippen molar-refractivity contribution in [1.82, 2.24) is 0 Å². The van der Waals surface area contributed by atoms with E-state index >= 15 is 0 Å². The second kappa shape index (κ2) is 13.6. The average molecular weight is 519 g/mol. The minimum atomic E-state index is -0.779. The Morgan fingerprint density at radius 2 is 1.06 bits per heavy atom. The van der Waals surface area contributed by atoms with Crippen LogP contribution < -0.4 is 5.30 Å². The van der Waals surface area contributed by atoms with E-state index in [0.717, 1.165) is 21.4 Å². The zero-order valence-electron chi connectivity index (χ0n) is 21.7. The first-order valence-corrected chi connectivity index (χ1v) is 16.0. The number of benzene rings is 3. The Balaban J connectivity index is 0.000000243. The maximum Gasteiger partial charge on any atom is 0.0615 e. The van der Waals surface area contributed by atoms with Gasteiger partial charge in [-0.3, -0.25) is 0 Å². The van der Waals surface area contributed by atoms with Gasteiger partial charge in [0.2, 0.25) is 0 Å². The van der Waals surface area contributed by atoms with E-state index in [0.29, 0.717) is 0 Å². The smallest absolute Gasteiger partial charge is 0.0615 e. The number of rotatable bonds is 6. The normalized spacial score (nSPS) is 17.7. The van der Waals surface area contributed by atoms with Crippen LogP contribution in [-0.2, 0) is 34.6 Å². The molecule has 3 aromatic rings. The van der Waals surface area contributed by atoms with Gasteiger partial charge in [0.15, 0.2) is 0 Å². The molecule has 1 aliphatic rings. The molecule has 2 atom stereocenters. The molecule has 0 saturated heterocycles. The molecule has 2 unspecified atom stereocenters. The van der Waals surface area contributed by atoms with Gasteiger partial charge in [-0.1, -0.05) is 129 Å². The van der Waals surface area contributed by atoms with Crippen molar-refractivity contribution in [3.8, 4) is 0 Å². The Labute approximate surface area is 226 Å². The third-order valence-electron chi connectivity index (χ3n) is 6.95. The zero-order chi connectivity index (χ0) is 23.8. The first kappa shape index (κ1) is 28.7. The molecule has 0 heterocycles. The van der Waals surface area contributed by atoms with Gasteiger partial charge in [-0.2, -0.15) is 0 Å². The Hall–Kier alpha value is -1.50. The largest absolute Gasteiger partial charge is 0.0762 e. The van der Waals surface area contributed by atoms with Gasteiger partial charge in [0.25, 0.3) is 0 Å². The van der Waals surface area contributed by atoms with Gasteiger partial charge in [-0.15, -0.1) is 0 Å². The van der Waals surface area contributed by atoms with E-state index in [1.54, 1.807) is 21.9 Å². The van der Waals surface area contributed by atoms with Crippen LogP contribution in [-0.4, -0.2) is 14.0 Å². The van der Waals surface area contributed by atoms with Crippen molar-refractivity contribution in [3.63, 3.8) is 0 Å². The number of aryl methyl sites for hydroxylation is 2. The quantitative estimate of drug-likeness (QED) is 0.230. The van der Waals surface area contributed by atoms with Crippen molar-refractivity contribution in [1.29, 1.82) is 0 Å². The van der Waals surface area contributed by atoms with Crippen LogP contribution in [0.4, 0.5) is 0 Å². The molecular weight excluding hydrogens is 479 g/mol. The van der Waals surface area contributed by atoms with Crippen LogP contribution >= 0.6 is 8.58 Å². The van der Waals surface area contributed by atoms with Gasteiger partial charge in [0.05, 0.1) is 8.80 Å². The maximum atomic E-state index is 2.47. The first-order valence-electron chi connectivity index (χ1n) is 12.1. The third kappa shape index (κ3) is 7.25. The van der Waals surface area contributed by atoms with Gasteiger partial charge in [-0.05, 0) is 62.5 Å². The molecule has 0 nitrogen and oxygen atoms in total. The summed E-state index contributed by atoms with van der Waals surface area (Å²) in [4.78, 5) is 0. The molecule has 0 aromatic heterocycles. The van der Waals surface area contributed by atoms with E-state index in [1.165, 1.54) is 16.4 Å².